The predicted molar refractivity (Wildman–Crippen MR) is 73.4 cm³/mol. The minimum absolute atomic E-state index is 0.0945. The van der Waals surface area contributed by atoms with Crippen molar-refractivity contribution in [3.05, 3.63) is 22.7 Å². The summed E-state index contributed by atoms with van der Waals surface area (Å²) in [6.07, 6.45) is -1.31. The van der Waals surface area contributed by atoms with Gasteiger partial charge in [0.25, 0.3) is 0 Å². The summed E-state index contributed by atoms with van der Waals surface area (Å²) in [5.74, 6) is 0.0945. The maximum atomic E-state index is 11.6. The molecular weight excluding hydrogens is 305 g/mol. The Balaban J connectivity index is 0.000000491. The quantitative estimate of drug-likeness (QED) is 0.268. The summed E-state index contributed by atoms with van der Waals surface area (Å²) in [5.41, 5.74) is 14.8. The molecule has 1 aromatic rings. The molecule has 1 saturated heterocycles. The maximum absolute atomic E-state index is 11.6. The van der Waals surface area contributed by atoms with Gasteiger partial charge in [0.05, 0.1) is 12.6 Å². The van der Waals surface area contributed by atoms with Crippen LogP contribution in [-0.4, -0.2) is 54.4 Å². The molecule has 0 aliphatic carbocycles. The van der Waals surface area contributed by atoms with Crippen LogP contribution in [0.25, 0.3) is 0 Å². The van der Waals surface area contributed by atoms with E-state index >= 15 is 0 Å². The van der Waals surface area contributed by atoms with E-state index in [0.29, 0.717) is 0 Å². The van der Waals surface area contributed by atoms with E-state index in [4.69, 9.17) is 31.1 Å². The van der Waals surface area contributed by atoms with Crippen molar-refractivity contribution in [3.63, 3.8) is 0 Å². The molecule has 10 N–H and O–H groups in total. The smallest absolute Gasteiger partial charge is 0.351 e. The predicted octanol–water partition coefficient (Wildman–Crippen LogP) is -3.44. The second-order valence-corrected chi connectivity index (χ2v) is 4.82. The van der Waals surface area contributed by atoms with Gasteiger partial charge in [-0.1, -0.05) is 0 Å². The van der Waals surface area contributed by atoms with Gasteiger partial charge in [-0.05, 0) is 6.07 Å². The topological polar surface area (TPSA) is 203 Å². The zero-order valence-electron chi connectivity index (χ0n) is 10.9. The van der Waals surface area contributed by atoms with Crippen molar-refractivity contribution >= 4 is 14.3 Å². The van der Waals surface area contributed by atoms with Gasteiger partial charge in [0, 0.05) is 6.20 Å². The zero-order valence-corrected chi connectivity index (χ0v) is 11.7. The van der Waals surface area contributed by atoms with Crippen molar-refractivity contribution < 1.29 is 24.7 Å². The summed E-state index contributed by atoms with van der Waals surface area (Å²) >= 11 is 0. The highest BCUT2D eigenvalue weighted by Crippen LogP contribution is 2.26. The molecule has 120 valence electrons. The van der Waals surface area contributed by atoms with Gasteiger partial charge in [-0.2, -0.15) is 4.98 Å². The molecule has 2 rings (SSSR count). The lowest BCUT2D eigenvalue weighted by atomic mass is 10.1. The van der Waals surface area contributed by atoms with Crippen LogP contribution in [0.15, 0.2) is 17.1 Å². The molecule has 1 aliphatic heterocycles. The highest BCUT2D eigenvalue weighted by atomic mass is 31.2. The van der Waals surface area contributed by atoms with Gasteiger partial charge in [-0.3, -0.25) is 10.1 Å². The van der Waals surface area contributed by atoms with Crippen LogP contribution in [0.2, 0.25) is 0 Å². The lowest BCUT2D eigenvalue weighted by Gasteiger charge is -2.17. The van der Waals surface area contributed by atoms with Gasteiger partial charge in [0.1, 0.15) is 18.0 Å². The molecule has 1 aliphatic rings. The first-order chi connectivity index (χ1) is 9.77. The van der Waals surface area contributed by atoms with Crippen molar-refractivity contribution in [1.29, 1.82) is 0 Å². The van der Waals surface area contributed by atoms with E-state index in [1.165, 1.54) is 12.3 Å². The number of aliphatic hydroxyl groups is 2. The summed E-state index contributed by atoms with van der Waals surface area (Å²) < 4.78 is 6.44. The molecule has 0 radical (unpaired) electrons. The van der Waals surface area contributed by atoms with Crippen molar-refractivity contribution in [2.24, 2.45) is 11.2 Å². The largest absolute Gasteiger partial charge is 0.394 e. The summed E-state index contributed by atoms with van der Waals surface area (Å²) in [6.45, 7) is -0.373. The fourth-order valence-corrected chi connectivity index (χ4v) is 1.79. The van der Waals surface area contributed by atoms with Gasteiger partial charge in [-0.25, -0.2) is 4.79 Å². The molecule has 11 nitrogen and oxygen atoms in total. The number of hydrogen-bond donors (Lipinski definition) is 7. The fourth-order valence-electron chi connectivity index (χ4n) is 1.79. The molecule has 2 heterocycles. The number of nitrogens with two attached hydrogens (primary N) is 3. The second-order valence-electron chi connectivity index (χ2n) is 4.18. The number of hydrogen-bond acceptors (Lipinski definition) is 10. The molecule has 0 amide bonds. The third-order valence-electron chi connectivity index (χ3n) is 2.72. The van der Waals surface area contributed by atoms with E-state index in [2.05, 4.69) is 10.5 Å². The van der Waals surface area contributed by atoms with Crippen LogP contribution in [0, 0.1) is 0 Å². The van der Waals surface area contributed by atoms with Gasteiger partial charge < -0.3 is 36.2 Å². The van der Waals surface area contributed by atoms with Gasteiger partial charge in [0.15, 0.2) is 6.23 Å². The average Bonchev–Trinajstić information content (AvgIpc) is 2.66. The SMILES string of the molecule is NP(O)O.Nc1ccn([C@@H]2O[C@H](CO)[C@@H](O)C2N)c(=O)n1. The highest BCUT2D eigenvalue weighted by molar-refractivity contribution is 7.42. The standard InChI is InChI=1S/C9H14N4O4.H4NO2P/c10-5-1-2-13(9(16)12-5)8-6(11)7(15)4(3-14)17-8;1-4(2)3/h1-2,4,6-8,14-15H,3,11H2,(H2,10,12,16);2-3H,1H2/t4-,6?,7-,8-;/m1./s1. The third-order valence-corrected chi connectivity index (χ3v) is 2.72. The van der Waals surface area contributed by atoms with E-state index in [0.717, 1.165) is 4.57 Å². The Bertz CT molecular complexity index is 511. The molecule has 0 bridgehead atoms. The normalized spacial score (nSPS) is 28.3. The number of nitrogen functional groups attached to an aromatic ring is 1. The Morgan fingerprint density at radius 2 is 2.05 bits per heavy atom. The minimum atomic E-state index is -2.12. The Hall–Kier alpha value is -1.17. The highest BCUT2D eigenvalue weighted by Gasteiger charge is 2.42. The molecule has 1 unspecified atom stereocenters. The van der Waals surface area contributed by atoms with E-state index in [9.17, 15) is 9.90 Å². The second kappa shape index (κ2) is 7.73. The van der Waals surface area contributed by atoms with E-state index in [-0.39, 0.29) is 12.4 Å². The molecule has 0 aromatic carbocycles. The van der Waals surface area contributed by atoms with E-state index < -0.39 is 38.7 Å². The molecule has 12 heteroatoms. The molecule has 0 saturated carbocycles. The van der Waals surface area contributed by atoms with Gasteiger partial charge in [0.2, 0.25) is 8.53 Å². The van der Waals surface area contributed by atoms with Crippen LogP contribution < -0.4 is 22.7 Å². The van der Waals surface area contributed by atoms with Crippen LogP contribution >= 0.6 is 8.53 Å². The van der Waals surface area contributed by atoms with E-state index in [1.54, 1.807) is 0 Å². The van der Waals surface area contributed by atoms with Gasteiger partial charge in [-0.15, -0.1) is 0 Å². The average molecular weight is 323 g/mol. The van der Waals surface area contributed by atoms with Crippen LogP contribution in [-0.2, 0) is 4.74 Å². The number of nitrogens with zero attached hydrogens (tertiary/aromatic N) is 2. The van der Waals surface area contributed by atoms with Crippen molar-refractivity contribution in [2.75, 3.05) is 12.3 Å². The lowest BCUT2D eigenvalue weighted by molar-refractivity contribution is -0.0464. The van der Waals surface area contributed by atoms with Crippen LogP contribution in [0.3, 0.4) is 0 Å². The summed E-state index contributed by atoms with van der Waals surface area (Å²) in [6, 6.07) is 0.617. The lowest BCUT2D eigenvalue weighted by Crippen LogP contribution is -2.42. The first kappa shape index (κ1) is 17.9. The first-order valence-electron chi connectivity index (χ1n) is 5.75. The molecule has 1 aromatic heterocycles. The van der Waals surface area contributed by atoms with Gasteiger partial charge >= 0.3 is 5.69 Å². The van der Waals surface area contributed by atoms with Crippen molar-refractivity contribution in [1.82, 2.24) is 9.55 Å². The monoisotopic (exact) mass is 323 g/mol. The number of aromatic nitrogens is 2. The number of aliphatic hydroxyl groups excluding tert-OH is 2. The summed E-state index contributed by atoms with van der Waals surface area (Å²) in [5, 5.41) is 18.6. The number of anilines is 1. The van der Waals surface area contributed by atoms with Crippen LogP contribution in [0.5, 0.6) is 0 Å². The molecule has 1 fully saturated rings. The van der Waals surface area contributed by atoms with E-state index in [1.807, 2.05) is 0 Å². The first-order valence-corrected chi connectivity index (χ1v) is 7.06. The third kappa shape index (κ3) is 4.66. The summed E-state index contributed by atoms with van der Waals surface area (Å²) in [7, 11) is -2.12. The minimum Gasteiger partial charge on any atom is -0.394 e. The maximum Gasteiger partial charge on any atom is 0.351 e. The fraction of sp³-hybridized carbons (Fsp3) is 0.556. The zero-order chi connectivity index (χ0) is 16.2. The Morgan fingerprint density at radius 1 is 1.48 bits per heavy atom. The molecule has 21 heavy (non-hydrogen) atoms. The molecular formula is C9H18N5O6P. The van der Waals surface area contributed by atoms with Crippen LogP contribution in [0.1, 0.15) is 6.23 Å². The summed E-state index contributed by atoms with van der Waals surface area (Å²) in [4.78, 5) is 30.0. The Morgan fingerprint density at radius 3 is 2.48 bits per heavy atom. The van der Waals surface area contributed by atoms with Crippen molar-refractivity contribution in [3.8, 4) is 0 Å². The molecule has 0 spiro atoms. The van der Waals surface area contributed by atoms with Crippen LogP contribution in [0.4, 0.5) is 5.82 Å². The van der Waals surface area contributed by atoms with Crippen molar-refractivity contribution in [2.45, 2.75) is 24.5 Å². The Kier molecular flexibility index (Phi) is 6.58. The Labute approximate surface area is 120 Å². The number of ether oxygens (including phenoxy) is 1. The number of rotatable bonds is 2. The molecule has 4 atom stereocenters.